The maximum Gasteiger partial charge on any atom is 0.359 e. The zero-order valence-electron chi connectivity index (χ0n) is 16.4. The van der Waals surface area contributed by atoms with Crippen molar-refractivity contribution in [2.75, 3.05) is 6.61 Å². The van der Waals surface area contributed by atoms with E-state index in [4.69, 9.17) is 4.74 Å². The van der Waals surface area contributed by atoms with Gasteiger partial charge < -0.3 is 4.74 Å². The molecule has 0 atom stereocenters. The van der Waals surface area contributed by atoms with Gasteiger partial charge in [0.15, 0.2) is 29.7 Å². The number of nitrogens with zero attached hydrogens (tertiary/aromatic N) is 2. The van der Waals surface area contributed by atoms with E-state index in [0.717, 1.165) is 37.5 Å². The Kier molecular flexibility index (Phi) is 6.66. The van der Waals surface area contributed by atoms with Crippen LogP contribution < -0.4 is 5.56 Å². The van der Waals surface area contributed by atoms with E-state index in [9.17, 15) is 23.2 Å². The first-order chi connectivity index (χ1) is 14.4. The van der Waals surface area contributed by atoms with Crippen LogP contribution in [0.4, 0.5) is 8.78 Å². The number of esters is 1. The SMILES string of the molecule is CCCCCn1nc(C(=O)OCC(=O)c2ccc(F)c(F)c2)c2ccccc2c1=O. The van der Waals surface area contributed by atoms with Crippen LogP contribution in [0.3, 0.4) is 0 Å². The van der Waals surface area contributed by atoms with E-state index in [1.54, 1.807) is 24.3 Å². The second kappa shape index (κ2) is 9.39. The van der Waals surface area contributed by atoms with E-state index in [1.165, 1.54) is 4.68 Å². The first kappa shape index (κ1) is 21.3. The third-order valence-electron chi connectivity index (χ3n) is 4.61. The molecule has 0 aliphatic heterocycles. The summed E-state index contributed by atoms with van der Waals surface area (Å²) in [6.07, 6.45) is 2.59. The molecule has 156 valence electrons. The Morgan fingerprint density at radius 1 is 1.03 bits per heavy atom. The monoisotopic (exact) mass is 414 g/mol. The fourth-order valence-corrected chi connectivity index (χ4v) is 3.00. The van der Waals surface area contributed by atoms with Crippen molar-refractivity contribution in [3.63, 3.8) is 0 Å². The minimum atomic E-state index is -1.17. The molecule has 0 amide bonds. The van der Waals surface area contributed by atoms with Gasteiger partial charge >= 0.3 is 5.97 Å². The number of aryl methyl sites for hydroxylation is 1. The predicted octanol–water partition coefficient (Wildman–Crippen LogP) is 3.90. The van der Waals surface area contributed by atoms with Gasteiger partial charge in [0.05, 0.1) is 5.39 Å². The number of halogens is 2. The molecule has 8 heteroatoms. The maximum absolute atomic E-state index is 13.3. The van der Waals surface area contributed by atoms with Crippen molar-refractivity contribution < 1.29 is 23.1 Å². The number of hydrogen-bond donors (Lipinski definition) is 0. The summed E-state index contributed by atoms with van der Waals surface area (Å²) in [5.41, 5.74) is -0.514. The van der Waals surface area contributed by atoms with Crippen LogP contribution in [-0.2, 0) is 11.3 Å². The third kappa shape index (κ3) is 4.59. The van der Waals surface area contributed by atoms with Gasteiger partial charge in [-0.05, 0) is 30.7 Å². The number of ketones is 1. The molecule has 0 N–H and O–H groups in total. The Morgan fingerprint density at radius 2 is 1.77 bits per heavy atom. The van der Waals surface area contributed by atoms with Crippen molar-refractivity contribution in [3.05, 3.63) is 75.7 Å². The van der Waals surface area contributed by atoms with Crippen LogP contribution in [0, 0.1) is 11.6 Å². The number of rotatable bonds is 8. The predicted molar refractivity (Wildman–Crippen MR) is 106 cm³/mol. The second-order valence-electron chi connectivity index (χ2n) is 6.76. The van der Waals surface area contributed by atoms with Gasteiger partial charge in [-0.1, -0.05) is 38.0 Å². The molecule has 6 nitrogen and oxygen atoms in total. The topological polar surface area (TPSA) is 78.3 Å². The third-order valence-corrected chi connectivity index (χ3v) is 4.61. The van der Waals surface area contributed by atoms with Crippen molar-refractivity contribution in [1.29, 1.82) is 0 Å². The summed E-state index contributed by atoms with van der Waals surface area (Å²) in [4.78, 5) is 37.4. The Labute approximate surface area is 171 Å². The summed E-state index contributed by atoms with van der Waals surface area (Å²) in [6, 6.07) is 9.19. The van der Waals surface area contributed by atoms with Crippen LogP contribution in [0.2, 0.25) is 0 Å². The van der Waals surface area contributed by atoms with Crippen LogP contribution >= 0.6 is 0 Å². The van der Waals surface area contributed by atoms with Crippen LogP contribution in [0.1, 0.15) is 47.0 Å². The van der Waals surface area contributed by atoms with Gasteiger partial charge in [-0.15, -0.1) is 0 Å². The highest BCUT2D eigenvalue weighted by molar-refractivity contribution is 6.04. The molecule has 0 aliphatic carbocycles. The van der Waals surface area contributed by atoms with Crippen LogP contribution in [-0.4, -0.2) is 28.1 Å². The van der Waals surface area contributed by atoms with Gasteiger partial charge in [-0.2, -0.15) is 5.10 Å². The number of Topliss-reactive ketones (excluding diaryl/α,β-unsaturated/α-hetero) is 1. The molecule has 0 aliphatic rings. The Bertz CT molecular complexity index is 1160. The molecule has 1 heterocycles. The number of ether oxygens (including phenoxy) is 1. The molecule has 0 saturated carbocycles. The molecule has 3 aromatic rings. The summed E-state index contributed by atoms with van der Waals surface area (Å²) < 4.78 is 32.6. The lowest BCUT2D eigenvalue weighted by Crippen LogP contribution is -2.27. The first-order valence-electron chi connectivity index (χ1n) is 9.57. The smallest absolute Gasteiger partial charge is 0.359 e. The lowest BCUT2D eigenvalue weighted by Gasteiger charge is -2.11. The van der Waals surface area contributed by atoms with Gasteiger partial charge in [0.2, 0.25) is 0 Å². The fraction of sp³-hybridized carbons (Fsp3) is 0.273. The number of unbranched alkanes of at least 4 members (excludes halogenated alkanes) is 2. The Balaban J connectivity index is 1.84. The number of carbonyl (C=O) groups is 2. The number of aromatic nitrogens is 2. The van der Waals surface area contributed by atoms with Crippen molar-refractivity contribution in [3.8, 4) is 0 Å². The molecule has 0 unspecified atom stereocenters. The van der Waals surface area contributed by atoms with Crippen molar-refractivity contribution in [1.82, 2.24) is 9.78 Å². The van der Waals surface area contributed by atoms with Gasteiger partial charge in [0.25, 0.3) is 5.56 Å². The number of benzene rings is 2. The van der Waals surface area contributed by atoms with Gasteiger partial charge in [-0.25, -0.2) is 18.3 Å². The molecule has 1 aromatic heterocycles. The lowest BCUT2D eigenvalue weighted by molar-refractivity contribution is 0.0468. The average molecular weight is 414 g/mol. The standard InChI is InChI=1S/C22H20F2N2O4/c1-2-3-6-11-26-21(28)16-8-5-4-7-15(16)20(25-26)22(29)30-13-19(27)14-9-10-17(23)18(24)12-14/h4-5,7-10,12H,2-3,6,11,13H2,1H3. The maximum atomic E-state index is 13.3. The average Bonchev–Trinajstić information content (AvgIpc) is 2.75. The van der Waals surface area contributed by atoms with Crippen molar-refractivity contribution in [2.45, 2.75) is 32.7 Å². The van der Waals surface area contributed by atoms with E-state index in [-0.39, 0.29) is 16.8 Å². The fourth-order valence-electron chi connectivity index (χ4n) is 3.00. The highest BCUT2D eigenvalue weighted by Gasteiger charge is 2.20. The van der Waals surface area contributed by atoms with Crippen molar-refractivity contribution in [2.24, 2.45) is 0 Å². The molecule has 30 heavy (non-hydrogen) atoms. The molecule has 0 radical (unpaired) electrons. The Morgan fingerprint density at radius 3 is 2.47 bits per heavy atom. The molecule has 2 aromatic carbocycles. The zero-order valence-corrected chi connectivity index (χ0v) is 16.4. The molecule has 3 rings (SSSR count). The summed E-state index contributed by atoms with van der Waals surface area (Å²) in [7, 11) is 0. The summed E-state index contributed by atoms with van der Waals surface area (Å²) in [5, 5.41) is 4.80. The van der Waals surface area contributed by atoms with Gasteiger partial charge in [-0.3, -0.25) is 9.59 Å². The lowest BCUT2D eigenvalue weighted by atomic mass is 10.1. The quantitative estimate of drug-likeness (QED) is 0.317. The van der Waals surface area contributed by atoms with Crippen molar-refractivity contribution >= 4 is 22.5 Å². The van der Waals surface area contributed by atoms with Crippen LogP contribution in [0.5, 0.6) is 0 Å². The molecule has 0 bridgehead atoms. The molecule has 0 saturated heterocycles. The first-order valence-corrected chi connectivity index (χ1v) is 9.57. The van der Waals surface area contributed by atoms with Crippen LogP contribution in [0.25, 0.3) is 10.8 Å². The second-order valence-corrected chi connectivity index (χ2v) is 6.76. The van der Waals surface area contributed by atoms with Crippen LogP contribution in [0.15, 0.2) is 47.3 Å². The zero-order chi connectivity index (χ0) is 21.7. The summed E-state index contributed by atoms with van der Waals surface area (Å²) >= 11 is 0. The normalized spacial score (nSPS) is 10.9. The number of fused-ring (bicyclic) bond motifs is 1. The number of carbonyl (C=O) groups excluding carboxylic acids is 2. The number of hydrogen-bond acceptors (Lipinski definition) is 5. The molecule has 0 fully saturated rings. The van der Waals surface area contributed by atoms with E-state index >= 15 is 0 Å². The summed E-state index contributed by atoms with van der Waals surface area (Å²) in [6.45, 7) is 1.71. The van der Waals surface area contributed by atoms with Gasteiger partial charge in [0, 0.05) is 17.5 Å². The largest absolute Gasteiger partial charge is 0.452 e. The van der Waals surface area contributed by atoms with E-state index < -0.39 is 30.0 Å². The van der Waals surface area contributed by atoms with E-state index in [2.05, 4.69) is 5.10 Å². The minimum absolute atomic E-state index is 0.0835. The molecular weight excluding hydrogens is 394 g/mol. The van der Waals surface area contributed by atoms with Gasteiger partial charge in [0.1, 0.15) is 0 Å². The molecular formula is C22H20F2N2O4. The summed E-state index contributed by atoms with van der Waals surface area (Å²) in [5.74, 6) is -3.82. The molecule has 0 spiro atoms. The van der Waals surface area contributed by atoms with E-state index in [1.807, 2.05) is 6.92 Å². The van der Waals surface area contributed by atoms with E-state index in [0.29, 0.717) is 17.3 Å². The Hall–Kier alpha value is -3.42. The minimum Gasteiger partial charge on any atom is -0.452 e. The highest BCUT2D eigenvalue weighted by atomic mass is 19.2. The highest BCUT2D eigenvalue weighted by Crippen LogP contribution is 2.15.